The predicted octanol–water partition coefficient (Wildman–Crippen LogP) is 26.0. The van der Waals surface area contributed by atoms with Gasteiger partial charge in [-0.3, -0.25) is 0 Å². The number of nitrogens with zero attached hydrogens (tertiary/aromatic N) is 4. The van der Waals surface area contributed by atoms with Crippen LogP contribution in [0.25, 0.3) is 177 Å². The summed E-state index contributed by atoms with van der Waals surface area (Å²) >= 11 is 0. The van der Waals surface area contributed by atoms with E-state index >= 15 is 0 Å². The second-order valence-electron chi connectivity index (χ2n) is 29.4. The number of benzene rings is 17. The van der Waals surface area contributed by atoms with Gasteiger partial charge in [-0.25, -0.2) is 16.8 Å². The summed E-state index contributed by atoms with van der Waals surface area (Å²) in [7, 11) is -7.81. The molecule has 0 amide bonds. The molecule has 0 fully saturated rings. The van der Waals surface area contributed by atoms with E-state index in [1.54, 1.807) is 60.7 Å². The molecule has 0 spiro atoms. The summed E-state index contributed by atoms with van der Waals surface area (Å²) in [5.41, 5.74) is 23.5. The normalized spacial score (nSPS) is 13.3. The van der Waals surface area contributed by atoms with Gasteiger partial charge in [-0.1, -0.05) is 212 Å². The van der Waals surface area contributed by atoms with E-state index in [0.29, 0.717) is 0 Å². The molecule has 0 aliphatic carbocycles. The lowest BCUT2D eigenvalue weighted by molar-refractivity contribution is 0.442. The second-order valence-corrected chi connectivity index (χ2v) is 33.2. The SMILES string of the molecule is O=S1(=O)c2ccccc2Oc2cc(-c3cccc(-c4cc(-c5cccc(-n6c7ccccc7c7cc(-n8c9ccccc9c9ccccc98)ccc76)c5)c(-c5ccccc5-c5ccc6c(c5)Oc5ccccc5S6(=O)=O)cc4-c4cccc(-n5c6ccccc6c6cc(-n7c8ccccc8c8ccccc87)ccc65)c4)c3)ccc21. The van der Waals surface area contributed by atoms with E-state index in [0.717, 1.165) is 155 Å². The predicted molar refractivity (Wildman–Crippen MR) is 460 cm³/mol. The monoisotopic (exact) mass is 1500 g/mol. The largest absolute Gasteiger partial charge is 0.455 e. The lowest BCUT2D eigenvalue weighted by Crippen LogP contribution is -2.10. The third kappa shape index (κ3) is 9.91. The zero-order valence-electron chi connectivity index (χ0n) is 60.9. The van der Waals surface area contributed by atoms with Crippen LogP contribution >= 0.6 is 0 Å². The number of hydrogen-bond acceptors (Lipinski definition) is 6. The van der Waals surface area contributed by atoms with Crippen LogP contribution in [0.15, 0.2) is 396 Å². The fraction of sp³-hybridized carbons (Fsp3) is 0. The van der Waals surface area contributed by atoms with E-state index in [1.807, 2.05) is 30.3 Å². The van der Waals surface area contributed by atoms with E-state index in [-0.39, 0.29) is 42.6 Å². The second kappa shape index (κ2) is 25.0. The molecule has 17 aromatic carbocycles. The molecule has 0 atom stereocenters. The average molecular weight is 1500 g/mol. The molecular weight excluding hydrogens is 1440 g/mol. The Bertz CT molecular complexity index is 7890. The lowest BCUT2D eigenvalue weighted by Gasteiger charge is -2.23. The number of fused-ring (bicyclic) bond motifs is 16. The van der Waals surface area contributed by atoms with E-state index in [9.17, 15) is 16.8 Å². The number of rotatable bonds is 10. The van der Waals surface area contributed by atoms with Crippen molar-refractivity contribution in [1.29, 1.82) is 0 Å². The van der Waals surface area contributed by atoms with Crippen LogP contribution in [-0.4, -0.2) is 35.1 Å². The van der Waals surface area contributed by atoms with Crippen molar-refractivity contribution in [2.75, 3.05) is 0 Å². The fourth-order valence-corrected chi connectivity index (χ4v) is 21.1. The highest BCUT2D eigenvalue weighted by molar-refractivity contribution is 7.92. The van der Waals surface area contributed by atoms with Crippen molar-refractivity contribution in [3.63, 3.8) is 0 Å². The highest BCUT2D eigenvalue weighted by Gasteiger charge is 2.34. The topological polar surface area (TPSA) is 106 Å². The van der Waals surface area contributed by atoms with Crippen LogP contribution in [0, 0.1) is 0 Å². The first-order valence-electron chi connectivity index (χ1n) is 38.0. The van der Waals surface area contributed by atoms with E-state index < -0.39 is 19.7 Å². The molecule has 0 saturated carbocycles. The molecule has 0 unspecified atom stereocenters. The molecule has 0 radical (unpaired) electrons. The van der Waals surface area contributed by atoms with Crippen molar-refractivity contribution in [2.24, 2.45) is 0 Å². The quantitative estimate of drug-likeness (QED) is 0.135. The van der Waals surface area contributed by atoms with Gasteiger partial charge in [-0.2, -0.15) is 0 Å². The van der Waals surface area contributed by atoms with Crippen molar-refractivity contribution in [3.05, 3.63) is 376 Å². The number of hydrogen-bond donors (Lipinski definition) is 0. The van der Waals surface area contributed by atoms with Crippen LogP contribution in [0.1, 0.15) is 0 Å². The summed E-state index contributed by atoms with van der Waals surface area (Å²) in [6.45, 7) is 0. The molecule has 114 heavy (non-hydrogen) atoms. The first-order chi connectivity index (χ1) is 56.0. The Morgan fingerprint density at radius 2 is 0.474 bits per heavy atom. The molecule has 538 valence electrons. The van der Waals surface area contributed by atoms with E-state index in [4.69, 9.17) is 9.47 Å². The highest BCUT2D eigenvalue weighted by atomic mass is 32.2. The van der Waals surface area contributed by atoms with Crippen molar-refractivity contribution in [2.45, 2.75) is 19.6 Å². The third-order valence-corrected chi connectivity index (χ3v) is 26.9. The summed E-state index contributed by atoms with van der Waals surface area (Å²) in [6, 6.07) is 129. The van der Waals surface area contributed by atoms with Gasteiger partial charge in [0.2, 0.25) is 19.7 Å². The Hall–Kier alpha value is -14.6. The van der Waals surface area contributed by atoms with Gasteiger partial charge in [0.25, 0.3) is 0 Å². The molecule has 6 heterocycles. The zero-order valence-corrected chi connectivity index (χ0v) is 62.5. The Balaban J connectivity index is 0.753. The smallest absolute Gasteiger partial charge is 0.213 e. The molecule has 0 N–H and O–H groups in total. The van der Waals surface area contributed by atoms with Gasteiger partial charge in [0.05, 0.1) is 44.1 Å². The molecule has 4 aromatic heterocycles. The van der Waals surface area contributed by atoms with Crippen LogP contribution in [0.3, 0.4) is 0 Å². The summed E-state index contributed by atoms with van der Waals surface area (Å²) in [5, 5.41) is 9.28. The Labute approximate surface area is 655 Å². The number of sulfone groups is 2. The van der Waals surface area contributed by atoms with Gasteiger partial charge in [-0.15, -0.1) is 0 Å². The zero-order chi connectivity index (χ0) is 75.7. The van der Waals surface area contributed by atoms with Crippen LogP contribution in [0.2, 0.25) is 0 Å². The Kier molecular flexibility index (Phi) is 14.3. The molecule has 2 aliphatic rings. The lowest BCUT2D eigenvalue weighted by atomic mass is 9.83. The van der Waals surface area contributed by atoms with Crippen LogP contribution in [0.5, 0.6) is 23.0 Å². The molecule has 0 saturated heterocycles. The summed E-state index contributed by atoms with van der Waals surface area (Å²) < 4.78 is 79.9. The van der Waals surface area contributed by atoms with Crippen LogP contribution in [0.4, 0.5) is 0 Å². The first-order valence-corrected chi connectivity index (χ1v) is 41.0. The van der Waals surface area contributed by atoms with Gasteiger partial charge in [0.15, 0.2) is 0 Å². The minimum absolute atomic E-state index is 0.104. The molecule has 10 nitrogen and oxygen atoms in total. The fourth-order valence-electron chi connectivity index (χ4n) is 18.1. The van der Waals surface area contributed by atoms with Crippen molar-refractivity contribution in [1.82, 2.24) is 18.3 Å². The standard InChI is InChI=1S/C102H62N4O6S2/c107-113(108)99-44-17-15-42-95(99)111-97-57-64(46-52-101(97)113)63-22-19-23-65(54-63)81-61-83(67-25-21-27-70(56-67)104-92-41-14-8-35-80(92)86-60-72(49-51-94(86)104)106-89-38-11-5-32-77(89)78-33-6-12-39-90(78)106)84(74-29-2-1-28-73(74)68-47-53-102-98(58-68)112-96-43-16-18-45-100(96)114(102,109)110)62-82(81)66-24-20-26-69(55-66)103-91-40-13-7-34-79(91)85-59-71(48-50-93(85)103)105-87-36-9-3-30-75(87)76-31-4-10-37-88(76)105/h1-62H. The molecule has 21 aromatic rings. The molecule has 0 bridgehead atoms. The number of ether oxygens (including phenoxy) is 2. The highest BCUT2D eigenvalue weighted by Crippen LogP contribution is 2.51. The molecule has 2 aliphatic heterocycles. The molecule has 23 rings (SSSR count). The van der Waals surface area contributed by atoms with Gasteiger partial charge in [0.1, 0.15) is 42.6 Å². The number of aromatic nitrogens is 4. The Morgan fingerprint density at radius 1 is 0.175 bits per heavy atom. The maximum atomic E-state index is 14.4. The third-order valence-electron chi connectivity index (χ3n) is 23.2. The molecule has 12 heteroatoms. The van der Waals surface area contributed by atoms with Crippen molar-refractivity contribution < 1.29 is 26.3 Å². The van der Waals surface area contributed by atoms with Gasteiger partial charge in [-0.05, 0) is 231 Å². The minimum atomic E-state index is -3.92. The maximum absolute atomic E-state index is 14.4. The summed E-state index contributed by atoms with van der Waals surface area (Å²) in [5.74, 6) is 1.07. The molecular formula is C102H62N4O6S2. The van der Waals surface area contributed by atoms with E-state index in [1.165, 1.54) is 21.5 Å². The average Bonchev–Trinajstić information content (AvgIpc) is 1.40. The Morgan fingerprint density at radius 3 is 0.930 bits per heavy atom. The maximum Gasteiger partial charge on any atom is 0.213 e. The van der Waals surface area contributed by atoms with Crippen molar-refractivity contribution >= 4 is 107 Å². The minimum Gasteiger partial charge on any atom is -0.455 e. The van der Waals surface area contributed by atoms with Crippen LogP contribution < -0.4 is 9.47 Å². The number of para-hydroxylation sites is 8. The van der Waals surface area contributed by atoms with Crippen molar-refractivity contribution in [3.8, 4) is 113 Å². The van der Waals surface area contributed by atoms with E-state index in [2.05, 4.69) is 303 Å². The van der Waals surface area contributed by atoms with Gasteiger partial charge >= 0.3 is 0 Å². The summed E-state index contributed by atoms with van der Waals surface area (Å²) in [4.78, 5) is 0.483. The van der Waals surface area contributed by atoms with Crippen LogP contribution in [-0.2, 0) is 19.7 Å². The van der Waals surface area contributed by atoms with Gasteiger partial charge in [0, 0.05) is 65.8 Å². The van der Waals surface area contributed by atoms with Gasteiger partial charge < -0.3 is 27.7 Å². The first kappa shape index (κ1) is 65.3. The summed E-state index contributed by atoms with van der Waals surface area (Å²) in [6.07, 6.45) is 0.